The fraction of sp³-hybridized carbons (Fsp3) is 0.733. The molecular formula is C30H48F6N4O7Si2. The normalized spacial score (nSPS) is 17.1. The Morgan fingerprint density at radius 3 is 1.61 bits per heavy atom. The molecule has 2 aliphatic rings. The molecule has 49 heavy (non-hydrogen) atoms. The van der Waals surface area contributed by atoms with Gasteiger partial charge in [-0.15, -0.1) is 5.10 Å². The molecular weight excluding hydrogens is 699 g/mol. The number of aromatic amines is 1. The summed E-state index contributed by atoms with van der Waals surface area (Å²) in [5.74, 6) is 0.124. The van der Waals surface area contributed by atoms with Gasteiger partial charge in [0.2, 0.25) is 5.88 Å². The molecule has 0 amide bonds. The van der Waals surface area contributed by atoms with E-state index < -0.39 is 62.0 Å². The smallest absolute Gasteiger partial charge is 0.435 e. The highest BCUT2D eigenvalue weighted by molar-refractivity contribution is 6.81. The summed E-state index contributed by atoms with van der Waals surface area (Å²) in [6.45, 7) is 17.0. The molecule has 11 nitrogen and oxygen atoms in total. The molecule has 280 valence electrons. The molecule has 0 radical (unpaired) electrons. The lowest BCUT2D eigenvalue weighted by Gasteiger charge is -2.33. The number of hydrogen-bond donors (Lipinski definition) is 2. The van der Waals surface area contributed by atoms with E-state index in [0.717, 1.165) is 9.36 Å². The van der Waals surface area contributed by atoms with Crippen molar-refractivity contribution in [1.82, 2.24) is 19.6 Å². The van der Waals surface area contributed by atoms with Gasteiger partial charge in [0.05, 0.1) is 24.4 Å². The van der Waals surface area contributed by atoms with Crippen molar-refractivity contribution < 1.29 is 55.2 Å². The van der Waals surface area contributed by atoms with Gasteiger partial charge in [0.1, 0.15) is 19.3 Å². The van der Waals surface area contributed by atoms with Crippen LogP contribution in [0.5, 0.6) is 5.88 Å². The van der Waals surface area contributed by atoms with Crippen LogP contribution in [0, 0.1) is 0 Å². The van der Waals surface area contributed by atoms with Gasteiger partial charge in [-0.1, -0.05) is 26.2 Å². The van der Waals surface area contributed by atoms with Crippen LogP contribution in [0.3, 0.4) is 0 Å². The summed E-state index contributed by atoms with van der Waals surface area (Å²) >= 11 is 0. The van der Waals surface area contributed by atoms with Gasteiger partial charge in [0.25, 0.3) is 5.56 Å². The topological polar surface area (TPSA) is 138 Å². The number of nitrogens with one attached hydrogen (secondary N) is 1. The van der Waals surface area contributed by atoms with E-state index in [2.05, 4.69) is 10.2 Å². The Bertz CT molecular complexity index is 1490. The number of carbonyl (C=O) groups excluding carboxylic acids is 2. The Morgan fingerprint density at radius 1 is 0.816 bits per heavy atom. The number of aromatic nitrogens is 4. The Labute approximate surface area is 283 Å². The molecule has 2 fully saturated rings. The van der Waals surface area contributed by atoms with Crippen molar-refractivity contribution in [2.24, 2.45) is 0 Å². The number of rotatable bonds is 6. The second-order valence-electron chi connectivity index (χ2n) is 15.6. The minimum Gasteiger partial charge on any atom is -0.480 e. The fourth-order valence-corrected chi connectivity index (χ4v) is 10.6. The minimum absolute atomic E-state index is 0.00214. The number of aliphatic hydroxyl groups is 1. The van der Waals surface area contributed by atoms with Crippen LogP contribution >= 0.6 is 0 Å². The van der Waals surface area contributed by atoms with Crippen LogP contribution in [-0.2, 0) is 9.47 Å². The summed E-state index contributed by atoms with van der Waals surface area (Å²) in [6.07, 6.45) is -6.34. The second-order valence-corrected chi connectivity index (χ2v) is 25.6. The maximum Gasteiger partial charge on any atom is 0.435 e. The lowest BCUT2D eigenvalue weighted by Crippen LogP contribution is -2.48. The molecule has 2 aromatic rings. The number of alkyl halides is 6. The molecule has 0 spiro atoms. The lowest BCUT2D eigenvalue weighted by molar-refractivity contribution is -0.144. The quantitative estimate of drug-likeness (QED) is 0.227. The summed E-state index contributed by atoms with van der Waals surface area (Å²) in [7, 11) is -5.21. The largest absolute Gasteiger partial charge is 0.480 e. The van der Waals surface area contributed by atoms with Gasteiger partial charge in [0.15, 0.2) is 0 Å². The van der Waals surface area contributed by atoms with E-state index in [1.807, 2.05) is 0 Å². The van der Waals surface area contributed by atoms with Crippen LogP contribution in [0.1, 0.15) is 67.2 Å². The maximum atomic E-state index is 13.3. The molecule has 0 atom stereocenters. The Hall–Kier alpha value is -3.07. The Balaban J connectivity index is 0.000000281. The predicted molar refractivity (Wildman–Crippen MR) is 174 cm³/mol. The van der Waals surface area contributed by atoms with E-state index in [9.17, 15) is 40.7 Å². The van der Waals surface area contributed by atoms with Crippen molar-refractivity contribution in [1.29, 1.82) is 0 Å². The van der Waals surface area contributed by atoms with Crippen molar-refractivity contribution >= 4 is 28.3 Å². The van der Waals surface area contributed by atoms with Crippen LogP contribution in [-0.4, -0.2) is 89.0 Å². The number of nitrogens with zero attached hydrogens (tertiary/aromatic N) is 3. The third-order valence-electron chi connectivity index (χ3n) is 8.49. The first kappa shape index (κ1) is 42.1. The van der Waals surface area contributed by atoms with Crippen molar-refractivity contribution in [3.05, 3.63) is 34.9 Å². The molecule has 0 unspecified atom stereocenters. The third kappa shape index (κ3) is 10.7. The molecule has 0 bridgehead atoms. The van der Waals surface area contributed by atoms with Gasteiger partial charge in [0, 0.05) is 30.8 Å². The molecule has 2 saturated carbocycles. The highest BCUT2D eigenvalue weighted by Gasteiger charge is 2.72. The maximum absolute atomic E-state index is 13.3. The number of ether oxygens (including phenoxy) is 3. The summed E-state index contributed by atoms with van der Waals surface area (Å²) < 4.78 is 95.0. The van der Waals surface area contributed by atoms with E-state index in [1.165, 1.54) is 24.5 Å². The Morgan fingerprint density at radius 2 is 1.27 bits per heavy atom. The zero-order valence-corrected chi connectivity index (χ0v) is 31.6. The van der Waals surface area contributed by atoms with Gasteiger partial charge in [-0.3, -0.25) is 9.89 Å². The number of halogens is 6. The van der Waals surface area contributed by atoms with E-state index in [-0.39, 0.29) is 49.6 Å². The molecule has 0 aliphatic heterocycles. The van der Waals surface area contributed by atoms with Crippen molar-refractivity contribution in [3.8, 4) is 5.88 Å². The van der Waals surface area contributed by atoms with E-state index in [0.29, 0.717) is 0 Å². The van der Waals surface area contributed by atoms with Crippen LogP contribution in [0.15, 0.2) is 29.3 Å². The van der Waals surface area contributed by atoms with Crippen molar-refractivity contribution in [2.45, 2.75) is 127 Å². The molecule has 2 aromatic heterocycles. The first-order valence-electron chi connectivity index (χ1n) is 15.6. The first-order chi connectivity index (χ1) is 21.9. The third-order valence-corrected chi connectivity index (χ3v) is 16.9. The van der Waals surface area contributed by atoms with Gasteiger partial charge in [-0.2, -0.15) is 35.7 Å². The summed E-state index contributed by atoms with van der Waals surface area (Å²) in [5.41, 5.74) is -1.55. The van der Waals surface area contributed by atoms with Gasteiger partial charge < -0.3 is 19.3 Å². The molecule has 2 aliphatic carbocycles. The minimum atomic E-state index is -4.19. The second kappa shape index (κ2) is 14.3. The van der Waals surface area contributed by atoms with Crippen LogP contribution in [0.2, 0.25) is 36.3 Å². The van der Waals surface area contributed by atoms with Crippen LogP contribution < -0.4 is 10.3 Å². The lowest BCUT2D eigenvalue weighted by atomic mass is 10.2. The first-order valence-corrected chi connectivity index (χ1v) is 22.0. The average Bonchev–Trinajstić information content (AvgIpc) is 3.83. The van der Waals surface area contributed by atoms with E-state index in [1.54, 1.807) is 67.7 Å². The standard InChI is InChI=1S/C15H23F3N2O3Si.C8H12N2O3.C7H13F3OSi/c1-13(2,3)23-12(21)20-9-6-11(19-20)22-10-24(4,5)14(7-8-14)15(16,17)18;1-8(2,3)13-7(12)10-5-4-6(11)9-10;1-12(2,5-11)6(3-4-6)7(8,9)10/h6,9H,7-8,10H2,1-5H3;4-5H,1-3H3,(H,9,11);11H,3-5H2,1-2H3. The predicted octanol–water partition coefficient (Wildman–Crippen LogP) is 7.67. The average molecular weight is 747 g/mol. The molecule has 19 heteroatoms. The fourth-order valence-electron chi connectivity index (χ4n) is 5.03. The molecule has 2 heterocycles. The molecule has 4 rings (SSSR count). The van der Waals surface area contributed by atoms with E-state index >= 15 is 0 Å². The van der Waals surface area contributed by atoms with Gasteiger partial charge >= 0.3 is 24.5 Å². The van der Waals surface area contributed by atoms with E-state index in [4.69, 9.17) is 19.3 Å². The number of aliphatic hydroxyl groups excluding tert-OH is 1. The number of carbonyl (C=O) groups is 2. The highest BCUT2D eigenvalue weighted by Crippen LogP contribution is 2.70. The summed E-state index contributed by atoms with van der Waals surface area (Å²) in [6, 6.07) is 2.70. The van der Waals surface area contributed by atoms with Crippen LogP contribution in [0.4, 0.5) is 35.9 Å². The van der Waals surface area contributed by atoms with Crippen LogP contribution in [0.25, 0.3) is 0 Å². The van der Waals surface area contributed by atoms with Crippen molar-refractivity contribution in [3.63, 3.8) is 0 Å². The zero-order chi connectivity index (χ0) is 38.1. The molecule has 2 N–H and O–H groups in total. The van der Waals surface area contributed by atoms with Crippen molar-refractivity contribution in [2.75, 3.05) is 12.5 Å². The summed E-state index contributed by atoms with van der Waals surface area (Å²) in [5, 5.41) is 12.1. The number of hydrogen-bond acceptors (Lipinski definition) is 8. The SMILES string of the molecule is CC(C)(C)OC(=O)n1ccc(=O)[nH]1.CC(C)(C)OC(=O)n1ccc(OC[Si](C)(C)C2(C(F)(F)F)CC2)n1.C[Si](C)(CO)C1(C(F)(F)F)CC1. The monoisotopic (exact) mass is 746 g/mol. The highest BCUT2D eigenvalue weighted by atomic mass is 28.3. The Kier molecular flexibility index (Phi) is 12.3. The zero-order valence-electron chi connectivity index (χ0n) is 29.6. The van der Waals surface area contributed by atoms with Gasteiger partial charge in [-0.05, 0) is 67.2 Å². The molecule has 0 saturated heterocycles. The summed E-state index contributed by atoms with van der Waals surface area (Å²) in [4.78, 5) is 33.8. The van der Waals surface area contributed by atoms with Gasteiger partial charge in [-0.25, -0.2) is 9.59 Å². The molecule has 0 aromatic carbocycles. The number of H-pyrrole nitrogens is 1.